The summed E-state index contributed by atoms with van der Waals surface area (Å²) in [6.45, 7) is 2.05. The lowest BCUT2D eigenvalue weighted by Crippen LogP contribution is -2.34. The molecule has 3 aromatic rings. The first kappa shape index (κ1) is 19.6. The molecule has 2 aromatic carbocycles. The van der Waals surface area contributed by atoms with E-state index in [0.29, 0.717) is 5.89 Å². The summed E-state index contributed by atoms with van der Waals surface area (Å²) in [4.78, 5) is 13.9. The Morgan fingerprint density at radius 1 is 1.21 bits per heavy atom. The molecule has 0 aliphatic carbocycles. The van der Waals surface area contributed by atoms with Gasteiger partial charge in [0, 0.05) is 12.1 Å². The molecule has 0 fully saturated rings. The lowest BCUT2D eigenvalue weighted by molar-refractivity contribution is -0.116. The van der Waals surface area contributed by atoms with E-state index in [4.69, 9.17) is 9.68 Å². The van der Waals surface area contributed by atoms with E-state index < -0.39 is 5.82 Å². The standard InChI is InChI=1S/C20H17FN4O2S/c1-14-7-2-3-8-15(14)19-23-24-20(27-19)28-13-18(26)25(12-6-11-22)17-10-5-4-9-16(17)21/h2-5,7-10H,6,12-13H2,1H3. The number of aryl methyl sites for hydroxylation is 1. The van der Waals surface area contributed by atoms with Crippen molar-refractivity contribution in [1.29, 1.82) is 5.26 Å². The minimum Gasteiger partial charge on any atom is -0.411 e. The van der Waals surface area contributed by atoms with Gasteiger partial charge >= 0.3 is 0 Å². The maximum Gasteiger partial charge on any atom is 0.277 e. The van der Waals surface area contributed by atoms with E-state index in [9.17, 15) is 9.18 Å². The van der Waals surface area contributed by atoms with Gasteiger partial charge in [0.1, 0.15) is 5.82 Å². The van der Waals surface area contributed by atoms with Crippen molar-refractivity contribution in [3.8, 4) is 17.5 Å². The fourth-order valence-corrected chi connectivity index (χ4v) is 3.24. The van der Waals surface area contributed by atoms with Crippen LogP contribution in [-0.2, 0) is 4.79 Å². The molecule has 0 bridgehead atoms. The van der Waals surface area contributed by atoms with E-state index in [0.717, 1.165) is 22.9 Å². The van der Waals surface area contributed by atoms with Crippen molar-refractivity contribution in [3.63, 3.8) is 0 Å². The van der Waals surface area contributed by atoms with Gasteiger partial charge in [-0.2, -0.15) is 5.26 Å². The number of anilines is 1. The normalized spacial score (nSPS) is 10.5. The maximum absolute atomic E-state index is 14.1. The van der Waals surface area contributed by atoms with Crippen molar-refractivity contribution in [2.24, 2.45) is 0 Å². The molecule has 0 aliphatic rings. The zero-order valence-electron chi connectivity index (χ0n) is 15.1. The van der Waals surface area contributed by atoms with E-state index in [1.54, 1.807) is 12.1 Å². The second-order valence-electron chi connectivity index (χ2n) is 5.88. The minimum absolute atomic E-state index is 0.0187. The highest BCUT2D eigenvalue weighted by Crippen LogP contribution is 2.26. The van der Waals surface area contributed by atoms with Crippen molar-refractivity contribution in [1.82, 2.24) is 10.2 Å². The predicted octanol–water partition coefficient (Wildman–Crippen LogP) is 4.22. The SMILES string of the molecule is Cc1ccccc1-c1nnc(SCC(=O)N(CCC#N)c2ccccc2F)o1. The Morgan fingerprint density at radius 2 is 1.96 bits per heavy atom. The third-order valence-corrected chi connectivity index (χ3v) is 4.80. The minimum atomic E-state index is -0.515. The lowest BCUT2D eigenvalue weighted by Gasteiger charge is -2.21. The average Bonchev–Trinajstić information content (AvgIpc) is 3.17. The molecule has 0 radical (unpaired) electrons. The molecule has 0 atom stereocenters. The first-order chi connectivity index (χ1) is 13.6. The van der Waals surface area contributed by atoms with Gasteiger partial charge in [0.15, 0.2) is 0 Å². The topological polar surface area (TPSA) is 83.0 Å². The molecule has 1 aromatic heterocycles. The van der Waals surface area contributed by atoms with Crippen molar-refractivity contribution >= 4 is 23.4 Å². The van der Waals surface area contributed by atoms with E-state index >= 15 is 0 Å². The molecule has 0 saturated carbocycles. The largest absolute Gasteiger partial charge is 0.411 e. The Labute approximate surface area is 166 Å². The highest BCUT2D eigenvalue weighted by Gasteiger charge is 2.20. The van der Waals surface area contributed by atoms with Gasteiger partial charge in [0.2, 0.25) is 11.8 Å². The molecule has 8 heteroatoms. The number of amides is 1. The van der Waals surface area contributed by atoms with Crippen molar-refractivity contribution in [3.05, 3.63) is 59.9 Å². The van der Waals surface area contributed by atoms with Gasteiger partial charge in [0.25, 0.3) is 5.22 Å². The molecule has 28 heavy (non-hydrogen) atoms. The number of aromatic nitrogens is 2. The summed E-state index contributed by atoms with van der Waals surface area (Å²) in [7, 11) is 0. The smallest absolute Gasteiger partial charge is 0.277 e. The van der Waals surface area contributed by atoms with Gasteiger partial charge in [-0.3, -0.25) is 4.79 Å². The fourth-order valence-electron chi connectivity index (χ4n) is 2.60. The van der Waals surface area contributed by atoms with Crippen molar-refractivity contribution in [2.75, 3.05) is 17.2 Å². The third kappa shape index (κ3) is 4.56. The molecule has 3 rings (SSSR count). The molecule has 0 unspecified atom stereocenters. The molecular formula is C20H17FN4O2S. The number of thioether (sulfide) groups is 1. The summed E-state index contributed by atoms with van der Waals surface area (Å²) in [6, 6.07) is 15.6. The number of halogens is 1. The predicted molar refractivity (Wildman–Crippen MR) is 104 cm³/mol. The number of hydrogen-bond acceptors (Lipinski definition) is 6. The van der Waals surface area contributed by atoms with Crippen molar-refractivity contribution in [2.45, 2.75) is 18.6 Å². The fraction of sp³-hybridized carbons (Fsp3) is 0.200. The third-order valence-electron chi connectivity index (χ3n) is 3.99. The number of rotatable bonds is 7. The zero-order valence-corrected chi connectivity index (χ0v) is 15.9. The van der Waals surface area contributed by atoms with Crippen LogP contribution >= 0.6 is 11.8 Å². The summed E-state index contributed by atoms with van der Waals surface area (Å²) in [6.07, 6.45) is 0.0999. The highest BCUT2D eigenvalue weighted by atomic mass is 32.2. The number of carbonyl (C=O) groups excluding carboxylic acids is 1. The number of hydrogen-bond donors (Lipinski definition) is 0. The Bertz CT molecular complexity index is 1020. The maximum atomic E-state index is 14.1. The van der Waals surface area contributed by atoms with Crippen LogP contribution in [0.2, 0.25) is 0 Å². The molecule has 1 amide bonds. The first-order valence-electron chi connectivity index (χ1n) is 8.54. The van der Waals surface area contributed by atoms with E-state index in [1.807, 2.05) is 37.3 Å². The van der Waals surface area contributed by atoms with Crippen LogP contribution in [-0.4, -0.2) is 28.4 Å². The Balaban J connectivity index is 1.71. The molecule has 6 nitrogen and oxygen atoms in total. The van der Waals surface area contributed by atoms with Gasteiger partial charge < -0.3 is 9.32 Å². The van der Waals surface area contributed by atoms with Gasteiger partial charge in [-0.05, 0) is 30.7 Å². The van der Waals surface area contributed by atoms with Crippen LogP contribution in [0.15, 0.2) is 58.2 Å². The van der Waals surface area contributed by atoms with E-state index in [1.165, 1.54) is 17.0 Å². The molecule has 0 aliphatic heterocycles. The molecule has 0 spiro atoms. The Morgan fingerprint density at radius 3 is 2.71 bits per heavy atom. The summed E-state index contributed by atoms with van der Waals surface area (Å²) < 4.78 is 19.7. The number of nitriles is 1. The van der Waals surface area contributed by atoms with E-state index in [2.05, 4.69) is 10.2 Å². The summed E-state index contributed by atoms with van der Waals surface area (Å²) in [5.41, 5.74) is 1.98. The Hall–Kier alpha value is -3.18. The van der Waals surface area contributed by atoms with Crippen LogP contribution in [0.1, 0.15) is 12.0 Å². The van der Waals surface area contributed by atoms with Gasteiger partial charge in [-0.15, -0.1) is 10.2 Å². The van der Waals surface area contributed by atoms with Crippen LogP contribution in [0.3, 0.4) is 0 Å². The average molecular weight is 396 g/mol. The molecular weight excluding hydrogens is 379 g/mol. The second kappa shape index (κ2) is 9.15. The summed E-state index contributed by atoms with van der Waals surface area (Å²) >= 11 is 1.08. The second-order valence-corrected chi connectivity index (χ2v) is 6.81. The van der Waals surface area contributed by atoms with Gasteiger partial charge in [0.05, 0.1) is 23.9 Å². The van der Waals surface area contributed by atoms with Crippen LogP contribution in [0.25, 0.3) is 11.5 Å². The number of benzene rings is 2. The summed E-state index contributed by atoms with van der Waals surface area (Å²) in [5.74, 6) is -0.502. The monoisotopic (exact) mass is 396 g/mol. The Kier molecular flexibility index (Phi) is 6.40. The molecule has 142 valence electrons. The molecule has 1 heterocycles. The van der Waals surface area contributed by atoms with Crippen LogP contribution in [0.4, 0.5) is 10.1 Å². The van der Waals surface area contributed by atoms with E-state index in [-0.39, 0.29) is 35.5 Å². The lowest BCUT2D eigenvalue weighted by atomic mass is 10.1. The summed E-state index contributed by atoms with van der Waals surface area (Å²) in [5, 5.41) is 17.1. The highest BCUT2D eigenvalue weighted by molar-refractivity contribution is 7.99. The quantitative estimate of drug-likeness (QED) is 0.556. The molecule has 0 N–H and O–H groups in total. The zero-order chi connectivity index (χ0) is 19.9. The van der Waals surface area contributed by atoms with Crippen LogP contribution in [0.5, 0.6) is 0 Å². The van der Waals surface area contributed by atoms with Crippen LogP contribution in [0, 0.1) is 24.1 Å². The van der Waals surface area contributed by atoms with Gasteiger partial charge in [-0.1, -0.05) is 42.1 Å². The van der Waals surface area contributed by atoms with Crippen molar-refractivity contribution < 1.29 is 13.6 Å². The molecule has 0 saturated heterocycles. The van der Waals surface area contributed by atoms with Crippen LogP contribution < -0.4 is 4.90 Å². The number of nitrogens with zero attached hydrogens (tertiary/aromatic N) is 4. The number of para-hydroxylation sites is 1. The number of carbonyl (C=O) groups is 1. The first-order valence-corrected chi connectivity index (χ1v) is 9.53. The van der Waals surface area contributed by atoms with Gasteiger partial charge in [-0.25, -0.2) is 4.39 Å².